The molecule has 1 aromatic rings. The molecule has 2 heterocycles. The summed E-state index contributed by atoms with van der Waals surface area (Å²) in [5.41, 5.74) is 1.26. The van der Waals surface area contributed by atoms with Crippen LogP contribution in [0.1, 0.15) is 31.4 Å². The molecular formula is C14H23N3O2. The van der Waals surface area contributed by atoms with Gasteiger partial charge in [-0.3, -0.25) is 9.48 Å². The lowest BCUT2D eigenvalue weighted by molar-refractivity contribution is -0.137. The largest absolute Gasteiger partial charge is 0.481 e. The number of carbonyl (C=O) groups is 1. The molecule has 1 aromatic heterocycles. The highest BCUT2D eigenvalue weighted by Crippen LogP contribution is 2.21. The molecule has 0 saturated carbocycles. The van der Waals surface area contributed by atoms with Crippen molar-refractivity contribution in [2.45, 2.75) is 32.1 Å². The van der Waals surface area contributed by atoms with Gasteiger partial charge < -0.3 is 10.0 Å². The van der Waals surface area contributed by atoms with E-state index in [1.807, 2.05) is 17.9 Å². The van der Waals surface area contributed by atoms with Crippen molar-refractivity contribution in [3.63, 3.8) is 0 Å². The van der Waals surface area contributed by atoms with E-state index >= 15 is 0 Å². The van der Waals surface area contributed by atoms with Crippen molar-refractivity contribution >= 4 is 5.97 Å². The van der Waals surface area contributed by atoms with Gasteiger partial charge in [0.25, 0.3) is 0 Å². The third-order valence-corrected chi connectivity index (χ3v) is 3.98. The third-order valence-electron chi connectivity index (χ3n) is 3.98. The minimum atomic E-state index is -0.674. The van der Waals surface area contributed by atoms with Gasteiger partial charge in [-0.05, 0) is 37.8 Å². The fourth-order valence-corrected chi connectivity index (χ4v) is 2.84. The number of likely N-dealkylation sites (tertiary alicyclic amines) is 1. The van der Waals surface area contributed by atoms with Crippen LogP contribution in [0.4, 0.5) is 0 Å². The molecule has 5 heteroatoms. The van der Waals surface area contributed by atoms with Crippen molar-refractivity contribution in [2.24, 2.45) is 13.0 Å². The van der Waals surface area contributed by atoms with Crippen LogP contribution in [0.3, 0.4) is 0 Å². The van der Waals surface area contributed by atoms with E-state index in [0.29, 0.717) is 12.3 Å². The first-order chi connectivity index (χ1) is 9.15. The fraction of sp³-hybridized carbons (Fsp3) is 0.714. The summed E-state index contributed by atoms with van der Waals surface area (Å²) in [5.74, 6) is -0.122. The molecule has 0 aromatic carbocycles. The first-order valence-electron chi connectivity index (χ1n) is 7.06. The summed E-state index contributed by atoms with van der Waals surface area (Å²) >= 11 is 0. The first-order valence-corrected chi connectivity index (χ1v) is 7.06. The molecule has 0 amide bonds. The summed E-state index contributed by atoms with van der Waals surface area (Å²) in [5, 5.41) is 12.9. The summed E-state index contributed by atoms with van der Waals surface area (Å²) < 4.78 is 1.92. The van der Waals surface area contributed by atoms with Gasteiger partial charge in [-0.1, -0.05) is 0 Å². The zero-order chi connectivity index (χ0) is 13.7. The maximum atomic E-state index is 10.6. The molecule has 1 aliphatic heterocycles. The SMILES string of the molecule is Cn1nccc1CCN1CCCC(CCC(=O)O)C1. The second kappa shape index (κ2) is 6.70. The second-order valence-corrected chi connectivity index (χ2v) is 5.44. The van der Waals surface area contributed by atoms with Crippen LogP contribution in [0.25, 0.3) is 0 Å². The zero-order valence-corrected chi connectivity index (χ0v) is 11.6. The van der Waals surface area contributed by atoms with Crippen LogP contribution in [0.15, 0.2) is 12.3 Å². The molecule has 0 aliphatic carbocycles. The molecule has 0 radical (unpaired) electrons. The summed E-state index contributed by atoms with van der Waals surface area (Å²) in [6, 6.07) is 2.06. The van der Waals surface area contributed by atoms with Crippen LogP contribution < -0.4 is 0 Å². The first kappa shape index (κ1) is 14.1. The Hall–Kier alpha value is -1.36. The van der Waals surface area contributed by atoms with Crippen LogP contribution in [0, 0.1) is 5.92 Å². The normalized spacial score (nSPS) is 20.6. The van der Waals surface area contributed by atoms with Gasteiger partial charge >= 0.3 is 5.97 Å². The molecule has 106 valence electrons. The van der Waals surface area contributed by atoms with E-state index < -0.39 is 5.97 Å². The van der Waals surface area contributed by atoms with Gasteiger partial charge in [-0.15, -0.1) is 0 Å². The van der Waals surface area contributed by atoms with Crippen molar-refractivity contribution in [1.82, 2.24) is 14.7 Å². The number of piperidine rings is 1. The highest BCUT2D eigenvalue weighted by Gasteiger charge is 2.20. The van der Waals surface area contributed by atoms with Gasteiger partial charge in [0, 0.05) is 44.9 Å². The number of nitrogens with zero attached hydrogens (tertiary/aromatic N) is 3. The van der Waals surface area contributed by atoms with E-state index in [4.69, 9.17) is 5.11 Å². The van der Waals surface area contributed by atoms with Gasteiger partial charge in [0.05, 0.1) is 0 Å². The van der Waals surface area contributed by atoms with Crippen molar-refractivity contribution in [1.29, 1.82) is 0 Å². The number of aryl methyl sites for hydroxylation is 1. The van der Waals surface area contributed by atoms with Crippen LogP contribution >= 0.6 is 0 Å². The third kappa shape index (κ3) is 4.35. The Balaban J connectivity index is 1.75. The van der Waals surface area contributed by atoms with Crippen LogP contribution in [-0.4, -0.2) is 45.4 Å². The van der Waals surface area contributed by atoms with Crippen molar-refractivity contribution < 1.29 is 9.90 Å². The number of aliphatic carboxylic acids is 1. The standard InChI is InChI=1S/C14H23N3O2/c1-16-13(6-8-15-16)7-10-17-9-2-3-12(11-17)4-5-14(18)19/h6,8,12H,2-5,7,9-11H2,1H3,(H,18,19). The Kier molecular flexibility index (Phi) is 4.96. The molecule has 1 atom stereocenters. The Morgan fingerprint density at radius 3 is 3.11 bits per heavy atom. The number of hydrogen-bond acceptors (Lipinski definition) is 3. The molecule has 1 unspecified atom stereocenters. The lowest BCUT2D eigenvalue weighted by atomic mass is 9.93. The highest BCUT2D eigenvalue weighted by molar-refractivity contribution is 5.66. The lowest BCUT2D eigenvalue weighted by Crippen LogP contribution is -2.37. The monoisotopic (exact) mass is 265 g/mol. The molecule has 1 saturated heterocycles. The fourth-order valence-electron chi connectivity index (χ4n) is 2.84. The van der Waals surface area contributed by atoms with E-state index in [0.717, 1.165) is 32.5 Å². The quantitative estimate of drug-likeness (QED) is 0.847. The molecule has 2 rings (SSSR count). The molecular weight excluding hydrogens is 242 g/mol. The minimum Gasteiger partial charge on any atom is -0.481 e. The number of hydrogen-bond donors (Lipinski definition) is 1. The summed E-state index contributed by atoms with van der Waals surface area (Å²) in [7, 11) is 1.97. The molecule has 1 aliphatic rings. The van der Waals surface area contributed by atoms with E-state index in [-0.39, 0.29) is 0 Å². The Bertz CT molecular complexity index is 417. The maximum Gasteiger partial charge on any atom is 0.303 e. The number of rotatable bonds is 6. The maximum absolute atomic E-state index is 10.6. The van der Waals surface area contributed by atoms with Gasteiger partial charge in [0.15, 0.2) is 0 Å². The molecule has 1 fully saturated rings. The van der Waals surface area contributed by atoms with E-state index in [2.05, 4.69) is 16.1 Å². The highest BCUT2D eigenvalue weighted by atomic mass is 16.4. The van der Waals surface area contributed by atoms with Gasteiger partial charge in [-0.2, -0.15) is 5.10 Å². The van der Waals surface area contributed by atoms with Crippen LogP contribution in [-0.2, 0) is 18.3 Å². The topological polar surface area (TPSA) is 58.4 Å². The van der Waals surface area contributed by atoms with Crippen molar-refractivity contribution in [3.05, 3.63) is 18.0 Å². The van der Waals surface area contributed by atoms with E-state index in [9.17, 15) is 4.79 Å². The molecule has 0 bridgehead atoms. The number of carboxylic acid groups (broad SMARTS) is 1. The van der Waals surface area contributed by atoms with Crippen molar-refractivity contribution in [2.75, 3.05) is 19.6 Å². The second-order valence-electron chi connectivity index (χ2n) is 5.44. The summed E-state index contributed by atoms with van der Waals surface area (Å²) in [6.07, 6.45) is 6.34. The predicted molar refractivity (Wildman–Crippen MR) is 72.9 cm³/mol. The van der Waals surface area contributed by atoms with E-state index in [1.165, 1.54) is 18.5 Å². The Morgan fingerprint density at radius 2 is 2.42 bits per heavy atom. The van der Waals surface area contributed by atoms with Gasteiger partial charge in [0.2, 0.25) is 0 Å². The summed E-state index contributed by atoms with van der Waals surface area (Å²) in [6.45, 7) is 3.23. The van der Waals surface area contributed by atoms with Crippen LogP contribution in [0.5, 0.6) is 0 Å². The summed E-state index contributed by atoms with van der Waals surface area (Å²) in [4.78, 5) is 13.1. The van der Waals surface area contributed by atoms with Crippen LogP contribution in [0.2, 0.25) is 0 Å². The molecule has 5 nitrogen and oxygen atoms in total. The predicted octanol–water partition coefficient (Wildman–Crippen LogP) is 1.54. The Labute approximate surface area is 114 Å². The minimum absolute atomic E-state index is 0.306. The molecule has 0 spiro atoms. The van der Waals surface area contributed by atoms with Crippen molar-refractivity contribution in [3.8, 4) is 0 Å². The molecule has 19 heavy (non-hydrogen) atoms. The molecule has 1 N–H and O–H groups in total. The average molecular weight is 265 g/mol. The average Bonchev–Trinajstić information content (AvgIpc) is 2.80. The van der Waals surface area contributed by atoms with E-state index in [1.54, 1.807) is 0 Å². The lowest BCUT2D eigenvalue weighted by Gasteiger charge is -2.32. The smallest absolute Gasteiger partial charge is 0.303 e. The Morgan fingerprint density at radius 1 is 1.58 bits per heavy atom. The van der Waals surface area contributed by atoms with Gasteiger partial charge in [0.1, 0.15) is 0 Å². The number of carboxylic acids is 1. The zero-order valence-electron chi connectivity index (χ0n) is 11.6. The van der Waals surface area contributed by atoms with Gasteiger partial charge in [-0.25, -0.2) is 0 Å². The number of aromatic nitrogens is 2.